The van der Waals surface area contributed by atoms with Gasteiger partial charge in [0.15, 0.2) is 0 Å². The zero-order valence-corrected chi connectivity index (χ0v) is 15.6. The summed E-state index contributed by atoms with van der Waals surface area (Å²) >= 11 is 5.97. The second kappa shape index (κ2) is 7.83. The second-order valence-corrected chi connectivity index (χ2v) is 7.62. The number of ether oxygens (including phenoxy) is 1. The summed E-state index contributed by atoms with van der Waals surface area (Å²) in [6, 6.07) is 14.2. The van der Waals surface area contributed by atoms with Gasteiger partial charge in [-0.1, -0.05) is 17.7 Å². The molecule has 0 saturated carbocycles. The highest BCUT2D eigenvalue weighted by molar-refractivity contribution is 7.92. The van der Waals surface area contributed by atoms with Gasteiger partial charge >= 0.3 is 5.69 Å². The normalized spacial score (nSPS) is 11.1. The fourth-order valence-electron chi connectivity index (χ4n) is 2.28. The van der Waals surface area contributed by atoms with Crippen LogP contribution in [0.2, 0.25) is 5.02 Å². The van der Waals surface area contributed by atoms with Gasteiger partial charge in [-0.15, -0.1) is 0 Å². The quantitative estimate of drug-likeness (QED) is 0.446. The Bertz CT molecular complexity index is 1120. The molecule has 0 unspecified atom stereocenters. The van der Waals surface area contributed by atoms with Gasteiger partial charge in [0.25, 0.3) is 10.0 Å². The molecule has 0 amide bonds. The fraction of sp³-hybridized carbons (Fsp3) is 0. The van der Waals surface area contributed by atoms with Crippen LogP contribution in [0.4, 0.5) is 15.8 Å². The average Bonchev–Trinajstić information content (AvgIpc) is 2.65. The molecule has 0 aliphatic rings. The van der Waals surface area contributed by atoms with Crippen molar-refractivity contribution in [2.45, 2.75) is 4.90 Å². The second-order valence-electron chi connectivity index (χ2n) is 5.53. The van der Waals surface area contributed by atoms with Gasteiger partial charge in [-0.05, 0) is 54.6 Å². The Morgan fingerprint density at radius 2 is 1.64 bits per heavy atom. The van der Waals surface area contributed by atoms with E-state index in [1.807, 2.05) is 0 Å². The van der Waals surface area contributed by atoms with Crippen LogP contribution >= 0.6 is 11.6 Å². The van der Waals surface area contributed by atoms with E-state index in [4.69, 9.17) is 16.3 Å². The average molecular weight is 423 g/mol. The summed E-state index contributed by atoms with van der Waals surface area (Å²) in [5.74, 6) is -0.468. The standard InChI is InChI=1S/C18H12ClFN2O5S/c19-16-2-1-3-17(22(23)24)18(16)27-14-8-10-15(11-9-14)28(25,26)21-13-6-4-12(20)5-7-13/h1-11,21H. The van der Waals surface area contributed by atoms with Gasteiger partial charge in [-0.2, -0.15) is 0 Å². The maximum atomic E-state index is 12.9. The summed E-state index contributed by atoms with van der Waals surface area (Å²) in [6.45, 7) is 0. The Kier molecular flexibility index (Phi) is 5.48. The molecule has 0 saturated heterocycles. The van der Waals surface area contributed by atoms with E-state index in [0.717, 1.165) is 12.1 Å². The maximum absolute atomic E-state index is 12.9. The minimum absolute atomic E-state index is 0.0453. The highest BCUT2D eigenvalue weighted by Gasteiger charge is 2.20. The van der Waals surface area contributed by atoms with Gasteiger partial charge in [0.2, 0.25) is 5.75 Å². The molecule has 0 bridgehead atoms. The molecule has 0 fully saturated rings. The zero-order valence-electron chi connectivity index (χ0n) is 14.0. The van der Waals surface area contributed by atoms with Gasteiger partial charge < -0.3 is 4.74 Å². The number of nitrogens with zero attached hydrogens (tertiary/aromatic N) is 1. The molecule has 3 aromatic rings. The lowest BCUT2D eigenvalue weighted by atomic mass is 10.3. The predicted octanol–water partition coefficient (Wildman–Crippen LogP) is 4.98. The number of sulfonamides is 1. The summed E-state index contributed by atoms with van der Waals surface area (Å²) in [4.78, 5) is 10.4. The zero-order chi connectivity index (χ0) is 20.3. The molecule has 144 valence electrons. The number of halogens is 2. The van der Waals surface area contributed by atoms with Gasteiger partial charge in [0.1, 0.15) is 11.6 Å². The first-order chi connectivity index (χ1) is 13.3. The van der Waals surface area contributed by atoms with Crippen molar-refractivity contribution < 1.29 is 22.5 Å². The number of nitrogens with one attached hydrogen (secondary N) is 1. The highest BCUT2D eigenvalue weighted by atomic mass is 35.5. The van der Waals surface area contributed by atoms with Crippen molar-refractivity contribution in [1.29, 1.82) is 0 Å². The van der Waals surface area contributed by atoms with Gasteiger partial charge in [-0.3, -0.25) is 14.8 Å². The van der Waals surface area contributed by atoms with E-state index >= 15 is 0 Å². The Morgan fingerprint density at radius 1 is 1.00 bits per heavy atom. The molecule has 7 nitrogen and oxygen atoms in total. The Hall–Kier alpha value is -3.17. The van der Waals surface area contributed by atoms with Crippen molar-refractivity contribution in [1.82, 2.24) is 0 Å². The Labute approximate surface area is 164 Å². The van der Waals surface area contributed by atoms with Crippen molar-refractivity contribution in [2.24, 2.45) is 0 Å². The van der Waals surface area contributed by atoms with Gasteiger partial charge in [0, 0.05) is 11.8 Å². The van der Waals surface area contributed by atoms with E-state index in [9.17, 15) is 22.9 Å². The van der Waals surface area contributed by atoms with Crippen molar-refractivity contribution in [3.8, 4) is 11.5 Å². The van der Waals surface area contributed by atoms with Crippen LogP contribution in [0.3, 0.4) is 0 Å². The number of rotatable bonds is 6. The minimum Gasteiger partial charge on any atom is -0.449 e. The van der Waals surface area contributed by atoms with E-state index < -0.39 is 20.8 Å². The molecule has 0 spiro atoms. The van der Waals surface area contributed by atoms with Crippen molar-refractivity contribution in [3.63, 3.8) is 0 Å². The first kappa shape index (κ1) is 19.6. The van der Waals surface area contributed by atoms with E-state index in [1.165, 1.54) is 54.6 Å². The lowest BCUT2D eigenvalue weighted by molar-refractivity contribution is -0.385. The molecule has 0 radical (unpaired) electrons. The molecule has 0 atom stereocenters. The van der Waals surface area contributed by atoms with Crippen molar-refractivity contribution in [3.05, 3.63) is 87.7 Å². The van der Waals surface area contributed by atoms with E-state index in [1.54, 1.807) is 0 Å². The number of hydrogen-bond donors (Lipinski definition) is 1. The van der Waals surface area contributed by atoms with Gasteiger partial charge in [-0.25, -0.2) is 12.8 Å². The molecule has 28 heavy (non-hydrogen) atoms. The first-order valence-corrected chi connectivity index (χ1v) is 9.61. The number of benzene rings is 3. The maximum Gasteiger partial charge on any atom is 0.313 e. The van der Waals surface area contributed by atoms with E-state index in [-0.39, 0.29) is 32.8 Å². The molecular formula is C18H12ClFN2O5S. The van der Waals surface area contributed by atoms with Crippen LogP contribution in [0.1, 0.15) is 0 Å². The summed E-state index contributed by atoms with van der Waals surface area (Å²) in [7, 11) is -3.91. The lowest BCUT2D eigenvalue weighted by Crippen LogP contribution is -2.12. The third-order valence-corrected chi connectivity index (χ3v) is 5.29. The smallest absolute Gasteiger partial charge is 0.313 e. The number of para-hydroxylation sites is 1. The Morgan fingerprint density at radius 3 is 2.25 bits per heavy atom. The van der Waals surface area contributed by atoms with Crippen LogP contribution < -0.4 is 9.46 Å². The summed E-state index contributed by atoms with van der Waals surface area (Å²) < 4.78 is 45.5. The minimum atomic E-state index is -3.91. The molecule has 0 heterocycles. The summed E-state index contributed by atoms with van der Waals surface area (Å²) in [5, 5.41) is 11.1. The fourth-order valence-corrected chi connectivity index (χ4v) is 3.55. The topological polar surface area (TPSA) is 98.5 Å². The molecule has 3 rings (SSSR count). The number of hydrogen-bond acceptors (Lipinski definition) is 5. The predicted molar refractivity (Wildman–Crippen MR) is 102 cm³/mol. The summed E-state index contributed by atoms with van der Waals surface area (Å²) in [6.07, 6.45) is 0. The number of nitro benzene ring substituents is 1. The third kappa shape index (κ3) is 4.38. The van der Waals surface area contributed by atoms with Crippen LogP contribution in [-0.2, 0) is 10.0 Å². The SMILES string of the molecule is O=[N+]([O-])c1cccc(Cl)c1Oc1ccc(S(=O)(=O)Nc2ccc(F)cc2)cc1. The molecule has 0 aliphatic heterocycles. The van der Waals surface area contributed by atoms with Crippen LogP contribution in [0.25, 0.3) is 0 Å². The Balaban J connectivity index is 1.82. The molecule has 1 N–H and O–H groups in total. The molecule has 0 aliphatic carbocycles. The molecule has 3 aromatic carbocycles. The van der Waals surface area contributed by atoms with Crippen LogP contribution in [0.5, 0.6) is 11.5 Å². The number of nitro groups is 1. The van der Waals surface area contributed by atoms with Gasteiger partial charge in [0.05, 0.1) is 14.8 Å². The van der Waals surface area contributed by atoms with Crippen LogP contribution in [-0.4, -0.2) is 13.3 Å². The van der Waals surface area contributed by atoms with E-state index in [0.29, 0.717) is 0 Å². The highest BCUT2D eigenvalue weighted by Crippen LogP contribution is 2.37. The molecule has 10 heteroatoms. The monoisotopic (exact) mass is 422 g/mol. The largest absolute Gasteiger partial charge is 0.449 e. The first-order valence-electron chi connectivity index (χ1n) is 7.75. The van der Waals surface area contributed by atoms with Crippen molar-refractivity contribution >= 4 is 33.0 Å². The van der Waals surface area contributed by atoms with E-state index in [2.05, 4.69) is 4.72 Å². The lowest BCUT2D eigenvalue weighted by Gasteiger charge is -2.10. The van der Waals surface area contributed by atoms with Crippen LogP contribution in [0, 0.1) is 15.9 Å². The molecular weight excluding hydrogens is 411 g/mol. The van der Waals surface area contributed by atoms with Crippen LogP contribution in [0.15, 0.2) is 71.6 Å². The number of anilines is 1. The summed E-state index contributed by atoms with van der Waals surface area (Å²) in [5.41, 5.74) is -0.115. The molecule has 0 aromatic heterocycles. The third-order valence-electron chi connectivity index (χ3n) is 3.59. The van der Waals surface area contributed by atoms with Crippen molar-refractivity contribution in [2.75, 3.05) is 4.72 Å².